The molecule has 1 aromatic rings. The SMILES string of the molecule is Cc1ccccc1C(NC(=O)C(NC(=O)C1CC1)C(C)O)C(C)(C)C. The molecular weight excluding hydrogens is 316 g/mol. The van der Waals surface area contributed by atoms with Gasteiger partial charge in [-0.25, -0.2) is 0 Å². The molecule has 1 saturated carbocycles. The molecule has 1 aliphatic rings. The van der Waals surface area contributed by atoms with Gasteiger partial charge in [-0.2, -0.15) is 0 Å². The predicted octanol–water partition coefficient (Wildman–Crippen LogP) is 2.47. The second-order valence-electron chi connectivity index (χ2n) is 8.17. The van der Waals surface area contributed by atoms with Crippen molar-refractivity contribution in [3.05, 3.63) is 35.4 Å². The number of rotatable bonds is 6. The van der Waals surface area contributed by atoms with Gasteiger partial charge >= 0.3 is 0 Å². The molecule has 25 heavy (non-hydrogen) atoms. The smallest absolute Gasteiger partial charge is 0.245 e. The van der Waals surface area contributed by atoms with Crippen LogP contribution < -0.4 is 10.6 Å². The molecule has 2 amide bonds. The highest BCUT2D eigenvalue weighted by atomic mass is 16.3. The van der Waals surface area contributed by atoms with Crippen LogP contribution in [0.25, 0.3) is 0 Å². The van der Waals surface area contributed by atoms with E-state index in [-0.39, 0.29) is 29.2 Å². The molecule has 5 nitrogen and oxygen atoms in total. The van der Waals surface area contributed by atoms with Crippen LogP contribution in [-0.4, -0.2) is 29.1 Å². The van der Waals surface area contributed by atoms with Gasteiger partial charge in [0, 0.05) is 5.92 Å². The average molecular weight is 346 g/mol. The van der Waals surface area contributed by atoms with Gasteiger partial charge in [0.25, 0.3) is 0 Å². The minimum Gasteiger partial charge on any atom is -0.391 e. The Morgan fingerprint density at radius 1 is 1.16 bits per heavy atom. The fourth-order valence-electron chi connectivity index (χ4n) is 2.93. The molecule has 3 N–H and O–H groups in total. The first-order valence-electron chi connectivity index (χ1n) is 8.95. The Kier molecular flexibility index (Phi) is 5.88. The van der Waals surface area contributed by atoms with Crippen LogP contribution in [0, 0.1) is 18.3 Å². The summed E-state index contributed by atoms with van der Waals surface area (Å²) in [6.45, 7) is 9.72. The molecule has 0 bridgehead atoms. The molecule has 2 rings (SSSR count). The lowest BCUT2D eigenvalue weighted by molar-refractivity contribution is -0.133. The Hall–Kier alpha value is -1.88. The minimum atomic E-state index is -0.958. The quantitative estimate of drug-likeness (QED) is 0.740. The molecule has 3 atom stereocenters. The third-order valence-corrected chi connectivity index (χ3v) is 4.66. The zero-order chi connectivity index (χ0) is 18.8. The van der Waals surface area contributed by atoms with Crippen molar-refractivity contribution < 1.29 is 14.7 Å². The second-order valence-corrected chi connectivity index (χ2v) is 8.17. The predicted molar refractivity (Wildman–Crippen MR) is 97.9 cm³/mol. The van der Waals surface area contributed by atoms with E-state index >= 15 is 0 Å². The Balaban J connectivity index is 2.19. The number of carbonyl (C=O) groups excluding carboxylic acids is 2. The van der Waals surface area contributed by atoms with Gasteiger partial charge in [-0.1, -0.05) is 45.0 Å². The molecule has 0 aliphatic heterocycles. The van der Waals surface area contributed by atoms with E-state index < -0.39 is 12.1 Å². The van der Waals surface area contributed by atoms with Crippen LogP contribution in [-0.2, 0) is 9.59 Å². The van der Waals surface area contributed by atoms with Crippen molar-refractivity contribution in [2.45, 2.75) is 65.6 Å². The molecule has 0 radical (unpaired) electrons. The van der Waals surface area contributed by atoms with E-state index in [0.29, 0.717) is 0 Å². The molecule has 1 aliphatic carbocycles. The normalized spacial score (nSPS) is 18.2. The Labute approximate surface area is 150 Å². The highest BCUT2D eigenvalue weighted by Crippen LogP contribution is 2.34. The summed E-state index contributed by atoms with van der Waals surface area (Å²) in [6.07, 6.45) is 0.752. The summed E-state index contributed by atoms with van der Waals surface area (Å²) in [5.74, 6) is -0.514. The van der Waals surface area contributed by atoms with Gasteiger partial charge in [0.1, 0.15) is 6.04 Å². The van der Waals surface area contributed by atoms with Crippen LogP contribution >= 0.6 is 0 Å². The van der Waals surface area contributed by atoms with Crippen molar-refractivity contribution in [1.82, 2.24) is 10.6 Å². The topological polar surface area (TPSA) is 78.4 Å². The summed E-state index contributed by atoms with van der Waals surface area (Å²) in [5.41, 5.74) is 1.92. The van der Waals surface area contributed by atoms with Crippen LogP contribution in [0.1, 0.15) is 57.7 Å². The molecule has 0 aromatic heterocycles. The molecule has 1 aromatic carbocycles. The van der Waals surface area contributed by atoms with Gasteiger partial charge < -0.3 is 15.7 Å². The number of hydrogen-bond acceptors (Lipinski definition) is 3. The van der Waals surface area contributed by atoms with Gasteiger partial charge in [0.05, 0.1) is 12.1 Å². The zero-order valence-electron chi connectivity index (χ0n) is 15.8. The Morgan fingerprint density at radius 3 is 2.24 bits per heavy atom. The van der Waals surface area contributed by atoms with E-state index in [4.69, 9.17) is 0 Å². The van der Waals surface area contributed by atoms with Gasteiger partial charge in [-0.15, -0.1) is 0 Å². The summed E-state index contributed by atoms with van der Waals surface area (Å²) in [4.78, 5) is 24.8. The lowest BCUT2D eigenvalue weighted by atomic mass is 9.80. The summed E-state index contributed by atoms with van der Waals surface area (Å²) >= 11 is 0. The summed E-state index contributed by atoms with van der Waals surface area (Å²) in [5, 5.41) is 15.7. The van der Waals surface area contributed by atoms with E-state index in [9.17, 15) is 14.7 Å². The maximum Gasteiger partial charge on any atom is 0.245 e. The first-order chi connectivity index (χ1) is 11.6. The largest absolute Gasteiger partial charge is 0.391 e. The maximum absolute atomic E-state index is 12.8. The van der Waals surface area contributed by atoms with E-state index in [1.807, 2.05) is 31.2 Å². The first kappa shape index (κ1) is 19.4. The van der Waals surface area contributed by atoms with E-state index in [1.165, 1.54) is 6.92 Å². The number of nitrogens with one attached hydrogen (secondary N) is 2. The Morgan fingerprint density at radius 2 is 1.76 bits per heavy atom. The number of aryl methyl sites for hydroxylation is 1. The zero-order valence-corrected chi connectivity index (χ0v) is 15.8. The highest BCUT2D eigenvalue weighted by Gasteiger charge is 2.36. The second kappa shape index (κ2) is 7.56. The van der Waals surface area contributed by atoms with Gasteiger partial charge in [0.2, 0.25) is 11.8 Å². The lowest BCUT2D eigenvalue weighted by Gasteiger charge is -2.34. The van der Waals surface area contributed by atoms with Crippen LogP contribution in [0.3, 0.4) is 0 Å². The molecule has 1 fully saturated rings. The van der Waals surface area contributed by atoms with Crippen LogP contribution in [0.2, 0.25) is 0 Å². The van der Waals surface area contributed by atoms with Crippen LogP contribution in [0.4, 0.5) is 0 Å². The van der Waals surface area contributed by atoms with Crippen molar-refractivity contribution in [1.29, 1.82) is 0 Å². The maximum atomic E-state index is 12.8. The molecule has 5 heteroatoms. The van der Waals surface area contributed by atoms with Crippen LogP contribution in [0.15, 0.2) is 24.3 Å². The number of benzene rings is 1. The summed E-state index contributed by atoms with van der Waals surface area (Å²) < 4.78 is 0. The number of aliphatic hydroxyl groups excluding tert-OH is 1. The van der Waals surface area contributed by atoms with E-state index in [2.05, 4.69) is 31.4 Å². The molecule has 3 unspecified atom stereocenters. The van der Waals surface area contributed by atoms with Crippen molar-refractivity contribution in [2.24, 2.45) is 11.3 Å². The fourth-order valence-corrected chi connectivity index (χ4v) is 2.93. The van der Waals surface area contributed by atoms with Gasteiger partial charge in [-0.05, 0) is 43.2 Å². The van der Waals surface area contributed by atoms with Crippen molar-refractivity contribution in [2.75, 3.05) is 0 Å². The van der Waals surface area contributed by atoms with E-state index in [0.717, 1.165) is 24.0 Å². The summed E-state index contributed by atoms with van der Waals surface area (Å²) in [7, 11) is 0. The number of hydrogen-bond donors (Lipinski definition) is 3. The van der Waals surface area contributed by atoms with Gasteiger partial charge in [0.15, 0.2) is 0 Å². The molecule has 138 valence electrons. The van der Waals surface area contributed by atoms with Crippen molar-refractivity contribution >= 4 is 11.8 Å². The molecular formula is C20H30N2O3. The molecule has 0 heterocycles. The number of carbonyl (C=O) groups is 2. The highest BCUT2D eigenvalue weighted by molar-refractivity contribution is 5.90. The fraction of sp³-hybridized carbons (Fsp3) is 0.600. The summed E-state index contributed by atoms with van der Waals surface area (Å²) in [6, 6.07) is 6.78. The van der Waals surface area contributed by atoms with E-state index in [1.54, 1.807) is 0 Å². The number of amides is 2. The van der Waals surface area contributed by atoms with Crippen molar-refractivity contribution in [3.63, 3.8) is 0 Å². The minimum absolute atomic E-state index is 0.0103. The monoisotopic (exact) mass is 346 g/mol. The third kappa shape index (κ3) is 5.05. The lowest BCUT2D eigenvalue weighted by Crippen LogP contribution is -2.54. The molecule has 0 saturated heterocycles. The first-order valence-corrected chi connectivity index (χ1v) is 8.95. The van der Waals surface area contributed by atoms with Gasteiger partial charge in [-0.3, -0.25) is 9.59 Å². The van der Waals surface area contributed by atoms with Crippen LogP contribution in [0.5, 0.6) is 0 Å². The standard InChI is InChI=1S/C20H30N2O3/c1-12-8-6-7-9-15(12)17(20(3,4)5)22-19(25)16(13(2)23)21-18(24)14-10-11-14/h6-9,13-14,16-17,23H,10-11H2,1-5H3,(H,21,24)(H,22,25). The molecule has 0 spiro atoms. The average Bonchev–Trinajstić information content (AvgIpc) is 3.34. The number of aliphatic hydroxyl groups is 1. The Bertz CT molecular complexity index is 630. The van der Waals surface area contributed by atoms with Crippen molar-refractivity contribution in [3.8, 4) is 0 Å². The third-order valence-electron chi connectivity index (χ3n) is 4.66.